The molecular weight excluding hydrogens is 511 g/mol. The summed E-state index contributed by atoms with van der Waals surface area (Å²) in [5.74, 6) is -0.495. The van der Waals surface area contributed by atoms with Crippen LogP contribution in [0.25, 0.3) is 10.9 Å². The standard InChI is InChI=1S/C27H26ClFN6O3/c1-35(2)11-9-21(29)27(36)34-23-13-19-22(14-25(23)37-3)31-16-32-26(19)33-17-7-8-24(20(28)12-17)38-15-18-6-4-5-10-30-18/h4-10,12-14,16H,11,15H2,1-3H3,(H,34,36)(H,31,32,33). The third-order valence-electron chi connectivity index (χ3n) is 5.35. The lowest BCUT2D eigenvalue weighted by atomic mass is 10.1. The Hall–Kier alpha value is -4.28. The molecule has 38 heavy (non-hydrogen) atoms. The second-order valence-corrected chi connectivity index (χ2v) is 8.85. The van der Waals surface area contributed by atoms with Gasteiger partial charge < -0.3 is 25.0 Å². The summed E-state index contributed by atoms with van der Waals surface area (Å²) in [6, 6.07) is 14.1. The first kappa shape index (κ1) is 26.8. The van der Waals surface area contributed by atoms with Crippen LogP contribution in [0.2, 0.25) is 5.02 Å². The number of aromatic nitrogens is 3. The summed E-state index contributed by atoms with van der Waals surface area (Å²) in [4.78, 5) is 27.0. The maximum atomic E-state index is 14.3. The molecule has 0 aliphatic carbocycles. The van der Waals surface area contributed by atoms with Gasteiger partial charge >= 0.3 is 0 Å². The van der Waals surface area contributed by atoms with E-state index in [1.165, 1.54) is 19.5 Å². The zero-order valence-corrected chi connectivity index (χ0v) is 21.8. The Morgan fingerprint density at radius 3 is 2.66 bits per heavy atom. The minimum atomic E-state index is -0.900. The fourth-order valence-corrected chi connectivity index (χ4v) is 3.69. The lowest BCUT2D eigenvalue weighted by Gasteiger charge is -2.14. The zero-order valence-electron chi connectivity index (χ0n) is 21.0. The maximum absolute atomic E-state index is 14.3. The number of likely N-dealkylation sites (N-methyl/N-ethyl adjacent to an activating group) is 1. The Kier molecular flexibility index (Phi) is 8.67. The molecular formula is C27H26ClFN6O3. The lowest BCUT2D eigenvalue weighted by molar-refractivity contribution is -0.114. The second kappa shape index (κ2) is 12.3. The van der Waals surface area contributed by atoms with Crippen LogP contribution >= 0.6 is 11.6 Å². The van der Waals surface area contributed by atoms with E-state index < -0.39 is 11.7 Å². The van der Waals surface area contributed by atoms with Gasteiger partial charge in [0.2, 0.25) is 0 Å². The number of hydrogen-bond acceptors (Lipinski definition) is 8. The molecule has 0 radical (unpaired) electrons. The topological polar surface area (TPSA) is 102 Å². The van der Waals surface area contributed by atoms with E-state index in [0.29, 0.717) is 38.9 Å². The molecule has 2 aromatic carbocycles. The van der Waals surface area contributed by atoms with Crippen molar-refractivity contribution >= 4 is 45.6 Å². The van der Waals surface area contributed by atoms with E-state index in [4.69, 9.17) is 21.1 Å². The SMILES string of the molecule is COc1cc2ncnc(Nc3ccc(OCc4ccccn4)c(Cl)c3)c2cc1NC(=O)C(F)=CCN(C)C. The highest BCUT2D eigenvalue weighted by Crippen LogP contribution is 2.35. The van der Waals surface area contributed by atoms with Gasteiger partial charge in [-0.25, -0.2) is 14.4 Å². The first-order valence-corrected chi connectivity index (χ1v) is 12.0. The van der Waals surface area contributed by atoms with Gasteiger partial charge in [0.1, 0.15) is 30.3 Å². The molecule has 0 fully saturated rings. The van der Waals surface area contributed by atoms with Crippen molar-refractivity contribution in [3.8, 4) is 11.5 Å². The average molecular weight is 537 g/mol. The number of nitrogens with one attached hydrogen (secondary N) is 2. The Bertz CT molecular complexity index is 1470. The number of carbonyl (C=O) groups excluding carboxylic acids is 1. The number of pyridine rings is 1. The molecule has 11 heteroatoms. The molecule has 0 aliphatic rings. The summed E-state index contributed by atoms with van der Waals surface area (Å²) < 4.78 is 25.5. The predicted molar refractivity (Wildman–Crippen MR) is 146 cm³/mol. The molecule has 2 N–H and O–H groups in total. The fourth-order valence-electron chi connectivity index (χ4n) is 3.46. The smallest absolute Gasteiger partial charge is 0.284 e. The van der Waals surface area contributed by atoms with Gasteiger partial charge in [0.25, 0.3) is 5.91 Å². The molecule has 2 heterocycles. The maximum Gasteiger partial charge on any atom is 0.284 e. The number of nitrogens with zero attached hydrogens (tertiary/aromatic N) is 4. The van der Waals surface area contributed by atoms with Gasteiger partial charge in [-0.15, -0.1) is 0 Å². The number of amides is 1. The largest absolute Gasteiger partial charge is 0.494 e. The Morgan fingerprint density at radius 2 is 1.95 bits per heavy atom. The summed E-state index contributed by atoms with van der Waals surface area (Å²) in [6.07, 6.45) is 4.30. The second-order valence-electron chi connectivity index (χ2n) is 8.44. The average Bonchev–Trinajstić information content (AvgIpc) is 2.91. The van der Waals surface area contributed by atoms with Gasteiger partial charge in [0.15, 0.2) is 5.83 Å². The van der Waals surface area contributed by atoms with Gasteiger partial charge in [-0.3, -0.25) is 9.78 Å². The van der Waals surface area contributed by atoms with E-state index >= 15 is 0 Å². The van der Waals surface area contributed by atoms with Gasteiger partial charge in [0.05, 0.1) is 29.0 Å². The van der Waals surface area contributed by atoms with Crippen molar-refractivity contribution in [3.05, 3.63) is 83.7 Å². The van der Waals surface area contributed by atoms with Crippen molar-refractivity contribution in [2.24, 2.45) is 0 Å². The van der Waals surface area contributed by atoms with Crippen LogP contribution in [0.4, 0.5) is 21.6 Å². The van der Waals surface area contributed by atoms with Crippen LogP contribution in [0.15, 0.2) is 73.0 Å². The van der Waals surface area contributed by atoms with Crippen LogP contribution < -0.4 is 20.1 Å². The van der Waals surface area contributed by atoms with Crippen molar-refractivity contribution in [2.45, 2.75) is 6.61 Å². The van der Waals surface area contributed by atoms with E-state index in [2.05, 4.69) is 25.6 Å². The number of hydrogen-bond donors (Lipinski definition) is 2. The van der Waals surface area contributed by atoms with Crippen molar-refractivity contribution in [1.82, 2.24) is 19.9 Å². The van der Waals surface area contributed by atoms with Crippen molar-refractivity contribution in [1.29, 1.82) is 0 Å². The highest BCUT2D eigenvalue weighted by molar-refractivity contribution is 6.32. The number of fused-ring (bicyclic) bond motifs is 1. The Morgan fingerprint density at radius 1 is 1.11 bits per heavy atom. The molecule has 2 aromatic heterocycles. The summed E-state index contributed by atoms with van der Waals surface area (Å²) >= 11 is 6.45. The third kappa shape index (κ3) is 6.72. The van der Waals surface area contributed by atoms with E-state index in [1.54, 1.807) is 55.5 Å². The monoisotopic (exact) mass is 536 g/mol. The number of anilines is 3. The van der Waals surface area contributed by atoms with E-state index in [1.807, 2.05) is 18.2 Å². The molecule has 0 unspecified atom stereocenters. The fraction of sp³-hybridized carbons (Fsp3) is 0.185. The number of ether oxygens (including phenoxy) is 2. The minimum absolute atomic E-state index is 0.271. The van der Waals surface area contributed by atoms with E-state index in [0.717, 1.165) is 5.69 Å². The van der Waals surface area contributed by atoms with Crippen LogP contribution in [-0.4, -0.2) is 53.5 Å². The van der Waals surface area contributed by atoms with E-state index in [9.17, 15) is 9.18 Å². The Labute approximate surface area is 224 Å². The van der Waals surface area contributed by atoms with Crippen LogP contribution in [0, 0.1) is 0 Å². The van der Waals surface area contributed by atoms with Crippen LogP contribution in [0.1, 0.15) is 5.69 Å². The van der Waals surface area contributed by atoms with Crippen molar-refractivity contribution in [3.63, 3.8) is 0 Å². The zero-order chi connectivity index (χ0) is 27.1. The number of rotatable bonds is 10. The number of methoxy groups -OCH3 is 1. The van der Waals surface area contributed by atoms with Gasteiger partial charge in [-0.05, 0) is 56.6 Å². The minimum Gasteiger partial charge on any atom is -0.494 e. The van der Waals surface area contributed by atoms with Crippen LogP contribution in [0.5, 0.6) is 11.5 Å². The molecule has 9 nitrogen and oxygen atoms in total. The molecule has 0 aliphatic heterocycles. The third-order valence-corrected chi connectivity index (χ3v) is 5.65. The number of benzene rings is 2. The molecule has 1 amide bonds. The molecule has 4 rings (SSSR count). The number of halogens is 2. The lowest BCUT2D eigenvalue weighted by Crippen LogP contribution is -2.16. The van der Waals surface area contributed by atoms with E-state index in [-0.39, 0.29) is 18.8 Å². The van der Waals surface area contributed by atoms with Gasteiger partial charge in [-0.2, -0.15) is 0 Å². The molecule has 0 atom stereocenters. The van der Waals surface area contributed by atoms with Gasteiger partial charge in [-0.1, -0.05) is 17.7 Å². The molecule has 4 aromatic rings. The Balaban J connectivity index is 1.56. The van der Waals surface area contributed by atoms with Gasteiger partial charge in [0, 0.05) is 29.9 Å². The predicted octanol–water partition coefficient (Wildman–Crippen LogP) is 5.36. The van der Waals surface area contributed by atoms with Crippen molar-refractivity contribution < 1.29 is 18.7 Å². The number of carbonyl (C=O) groups is 1. The summed E-state index contributed by atoms with van der Waals surface area (Å²) in [5.41, 5.74) is 2.26. The summed E-state index contributed by atoms with van der Waals surface area (Å²) in [7, 11) is 5.01. The van der Waals surface area contributed by atoms with Crippen LogP contribution in [-0.2, 0) is 11.4 Å². The first-order valence-electron chi connectivity index (χ1n) is 11.6. The molecule has 0 saturated heterocycles. The molecule has 0 saturated carbocycles. The summed E-state index contributed by atoms with van der Waals surface area (Å²) in [5, 5.41) is 6.75. The quantitative estimate of drug-likeness (QED) is 0.261. The summed E-state index contributed by atoms with van der Waals surface area (Å²) in [6.45, 7) is 0.566. The first-order chi connectivity index (χ1) is 18.3. The molecule has 196 valence electrons. The highest BCUT2D eigenvalue weighted by atomic mass is 35.5. The molecule has 0 spiro atoms. The molecule has 0 bridgehead atoms. The highest BCUT2D eigenvalue weighted by Gasteiger charge is 2.16. The van der Waals surface area contributed by atoms with Crippen molar-refractivity contribution in [2.75, 3.05) is 38.4 Å². The normalized spacial score (nSPS) is 11.5. The van der Waals surface area contributed by atoms with Crippen LogP contribution in [0.3, 0.4) is 0 Å².